The Morgan fingerprint density at radius 3 is 2.68 bits per heavy atom. The Balaban J connectivity index is 1.54. The molecule has 25 heavy (non-hydrogen) atoms. The molecule has 2 saturated heterocycles. The second-order valence-corrected chi connectivity index (χ2v) is 7.76. The fourth-order valence-corrected chi connectivity index (χ4v) is 4.12. The smallest absolute Gasteiger partial charge is 0.227 e. The van der Waals surface area contributed by atoms with E-state index in [1.165, 1.54) is 0 Å². The van der Waals surface area contributed by atoms with Crippen LogP contribution in [0.2, 0.25) is 0 Å². The summed E-state index contributed by atoms with van der Waals surface area (Å²) in [5, 5.41) is 0. The van der Waals surface area contributed by atoms with E-state index >= 15 is 0 Å². The highest BCUT2D eigenvalue weighted by Crippen LogP contribution is 2.29. The summed E-state index contributed by atoms with van der Waals surface area (Å²) in [5.74, 6) is 2.16. The van der Waals surface area contributed by atoms with Crippen LogP contribution in [-0.4, -0.2) is 57.3 Å². The first kappa shape index (κ1) is 18.0. The van der Waals surface area contributed by atoms with Gasteiger partial charge in [0.05, 0.1) is 5.92 Å². The average molecular weight is 346 g/mol. The predicted molar refractivity (Wildman–Crippen MR) is 96.0 cm³/mol. The lowest BCUT2D eigenvalue weighted by Gasteiger charge is -2.33. The van der Waals surface area contributed by atoms with Crippen LogP contribution in [0.5, 0.6) is 0 Å². The van der Waals surface area contributed by atoms with Crippen molar-refractivity contribution in [3.05, 3.63) is 18.2 Å². The summed E-state index contributed by atoms with van der Waals surface area (Å²) in [5.41, 5.74) is 0. The summed E-state index contributed by atoms with van der Waals surface area (Å²) < 4.78 is 2.20. The standard InChI is InChI=1S/C19H30N4O2/c1-4-21-10-7-20-18(21)15-5-8-22(9-6-15)19(25)16-11-17(24)23(13-16)12-14(2)3/h7,10,14-16H,4-6,8-9,11-13H2,1-3H3/t16-/m0/s1. The molecule has 0 aromatic carbocycles. The number of nitrogens with zero attached hydrogens (tertiary/aromatic N) is 4. The van der Waals surface area contributed by atoms with E-state index in [-0.39, 0.29) is 17.7 Å². The molecular weight excluding hydrogens is 316 g/mol. The molecule has 2 aliphatic rings. The van der Waals surface area contributed by atoms with Gasteiger partial charge in [-0.2, -0.15) is 0 Å². The van der Waals surface area contributed by atoms with Crippen LogP contribution in [0.1, 0.15) is 51.8 Å². The first-order valence-corrected chi connectivity index (χ1v) is 9.57. The number of amides is 2. The lowest BCUT2D eigenvalue weighted by atomic mass is 9.94. The maximum Gasteiger partial charge on any atom is 0.227 e. The van der Waals surface area contributed by atoms with Gasteiger partial charge in [0.25, 0.3) is 0 Å². The topological polar surface area (TPSA) is 58.4 Å². The number of carbonyl (C=O) groups excluding carboxylic acids is 2. The zero-order chi connectivity index (χ0) is 18.0. The van der Waals surface area contributed by atoms with E-state index in [2.05, 4.69) is 30.3 Å². The monoisotopic (exact) mass is 346 g/mol. The highest BCUT2D eigenvalue weighted by atomic mass is 16.2. The second kappa shape index (κ2) is 7.58. The molecule has 0 radical (unpaired) electrons. The van der Waals surface area contributed by atoms with Gasteiger partial charge in [-0.1, -0.05) is 13.8 Å². The number of imidazole rings is 1. The molecule has 6 heteroatoms. The number of rotatable bonds is 5. The molecule has 1 aromatic rings. The van der Waals surface area contributed by atoms with E-state index < -0.39 is 0 Å². The van der Waals surface area contributed by atoms with Crippen molar-refractivity contribution in [2.24, 2.45) is 11.8 Å². The van der Waals surface area contributed by atoms with E-state index in [9.17, 15) is 9.59 Å². The molecule has 2 amide bonds. The lowest BCUT2D eigenvalue weighted by molar-refractivity contribution is -0.136. The first-order valence-electron chi connectivity index (χ1n) is 9.57. The molecular formula is C19H30N4O2. The van der Waals surface area contributed by atoms with Gasteiger partial charge in [-0.25, -0.2) is 4.98 Å². The molecule has 6 nitrogen and oxygen atoms in total. The minimum Gasteiger partial charge on any atom is -0.342 e. The molecule has 2 aliphatic heterocycles. The number of aryl methyl sites for hydroxylation is 1. The molecule has 0 N–H and O–H groups in total. The van der Waals surface area contributed by atoms with Crippen LogP contribution < -0.4 is 0 Å². The van der Waals surface area contributed by atoms with Crippen molar-refractivity contribution in [3.63, 3.8) is 0 Å². The summed E-state index contributed by atoms with van der Waals surface area (Å²) in [6.45, 7) is 10.2. The highest BCUT2D eigenvalue weighted by Gasteiger charge is 2.37. The van der Waals surface area contributed by atoms with Crippen molar-refractivity contribution in [1.82, 2.24) is 19.4 Å². The zero-order valence-corrected chi connectivity index (χ0v) is 15.6. The van der Waals surface area contributed by atoms with Crippen LogP contribution >= 0.6 is 0 Å². The Bertz CT molecular complexity index is 617. The van der Waals surface area contributed by atoms with Crippen molar-refractivity contribution in [1.29, 1.82) is 0 Å². The van der Waals surface area contributed by atoms with Gasteiger partial charge >= 0.3 is 0 Å². The third-order valence-corrected chi connectivity index (χ3v) is 5.41. The summed E-state index contributed by atoms with van der Waals surface area (Å²) >= 11 is 0. The maximum absolute atomic E-state index is 12.8. The number of carbonyl (C=O) groups is 2. The van der Waals surface area contributed by atoms with Gasteiger partial charge in [-0.15, -0.1) is 0 Å². The van der Waals surface area contributed by atoms with Gasteiger partial charge in [0.2, 0.25) is 11.8 Å². The second-order valence-electron chi connectivity index (χ2n) is 7.76. The quantitative estimate of drug-likeness (QED) is 0.820. The number of hydrogen-bond acceptors (Lipinski definition) is 3. The minimum absolute atomic E-state index is 0.131. The highest BCUT2D eigenvalue weighted by molar-refractivity contribution is 5.89. The largest absolute Gasteiger partial charge is 0.342 e. The molecule has 0 bridgehead atoms. The third-order valence-electron chi connectivity index (χ3n) is 5.41. The van der Waals surface area contributed by atoms with Crippen molar-refractivity contribution < 1.29 is 9.59 Å². The van der Waals surface area contributed by atoms with E-state index in [1.54, 1.807) is 0 Å². The third kappa shape index (κ3) is 3.88. The Kier molecular flexibility index (Phi) is 5.45. The SMILES string of the molecule is CCn1ccnc1C1CCN(C(=O)[C@H]2CC(=O)N(CC(C)C)C2)CC1. The van der Waals surface area contributed by atoms with Crippen LogP contribution in [0.3, 0.4) is 0 Å². The van der Waals surface area contributed by atoms with E-state index in [1.807, 2.05) is 22.2 Å². The van der Waals surface area contributed by atoms with Gasteiger partial charge in [-0.05, 0) is 25.7 Å². The van der Waals surface area contributed by atoms with E-state index in [4.69, 9.17) is 0 Å². The van der Waals surface area contributed by atoms with Crippen molar-refractivity contribution in [3.8, 4) is 0 Å². The van der Waals surface area contributed by atoms with Crippen LogP contribution in [0.15, 0.2) is 12.4 Å². The fraction of sp³-hybridized carbons (Fsp3) is 0.737. The number of likely N-dealkylation sites (tertiary alicyclic amines) is 2. The lowest BCUT2D eigenvalue weighted by Crippen LogP contribution is -2.42. The van der Waals surface area contributed by atoms with Crippen molar-refractivity contribution in [2.45, 2.75) is 52.5 Å². The molecule has 1 atom stereocenters. The van der Waals surface area contributed by atoms with Gasteiger partial charge in [0, 0.05) is 57.5 Å². The molecule has 138 valence electrons. The van der Waals surface area contributed by atoms with Gasteiger partial charge in [0.1, 0.15) is 5.82 Å². The number of hydrogen-bond donors (Lipinski definition) is 0. The molecule has 2 fully saturated rings. The normalized spacial score (nSPS) is 22.2. The molecule has 0 unspecified atom stereocenters. The van der Waals surface area contributed by atoms with Crippen LogP contribution in [-0.2, 0) is 16.1 Å². The average Bonchev–Trinajstić information content (AvgIpc) is 3.21. The molecule has 0 saturated carbocycles. The maximum atomic E-state index is 12.8. The van der Waals surface area contributed by atoms with Crippen molar-refractivity contribution in [2.75, 3.05) is 26.2 Å². The molecule has 0 spiro atoms. The number of aromatic nitrogens is 2. The summed E-state index contributed by atoms with van der Waals surface area (Å²) in [7, 11) is 0. The summed E-state index contributed by atoms with van der Waals surface area (Å²) in [6, 6.07) is 0. The Morgan fingerprint density at radius 1 is 1.32 bits per heavy atom. The predicted octanol–water partition coefficient (Wildman–Crippen LogP) is 2.11. The summed E-state index contributed by atoms with van der Waals surface area (Å²) in [6.07, 6.45) is 6.19. The molecule has 1 aromatic heterocycles. The van der Waals surface area contributed by atoms with Gasteiger partial charge < -0.3 is 14.4 Å². The minimum atomic E-state index is -0.152. The van der Waals surface area contributed by atoms with E-state index in [0.717, 1.165) is 44.8 Å². The summed E-state index contributed by atoms with van der Waals surface area (Å²) in [4.78, 5) is 33.3. The zero-order valence-electron chi connectivity index (χ0n) is 15.6. The van der Waals surface area contributed by atoms with Gasteiger partial charge in [-0.3, -0.25) is 9.59 Å². The molecule has 0 aliphatic carbocycles. The Hall–Kier alpha value is -1.85. The first-order chi connectivity index (χ1) is 12.0. The fourth-order valence-electron chi connectivity index (χ4n) is 4.12. The number of piperidine rings is 1. The van der Waals surface area contributed by atoms with Crippen molar-refractivity contribution >= 4 is 11.8 Å². The van der Waals surface area contributed by atoms with E-state index in [0.29, 0.717) is 24.8 Å². The Labute approximate surface area is 150 Å². The molecule has 3 heterocycles. The molecule has 3 rings (SSSR count). The van der Waals surface area contributed by atoms with Gasteiger partial charge in [0.15, 0.2) is 0 Å². The van der Waals surface area contributed by atoms with Crippen LogP contribution in [0, 0.1) is 11.8 Å². The van der Waals surface area contributed by atoms with Crippen LogP contribution in [0.4, 0.5) is 0 Å². The Morgan fingerprint density at radius 2 is 2.04 bits per heavy atom. The van der Waals surface area contributed by atoms with Crippen LogP contribution in [0.25, 0.3) is 0 Å².